The Morgan fingerprint density at radius 2 is 2.14 bits per heavy atom. The third-order valence-electron chi connectivity index (χ3n) is 4.44. The lowest BCUT2D eigenvalue weighted by atomic mass is 10.0. The van der Waals surface area contributed by atoms with Gasteiger partial charge in [-0.3, -0.25) is 4.79 Å². The fraction of sp³-hybridized carbons (Fsp3) is 0.706. The second kappa shape index (κ2) is 5.93. The van der Waals surface area contributed by atoms with Crippen molar-refractivity contribution in [2.24, 2.45) is 5.92 Å². The smallest absolute Gasteiger partial charge is 0.255 e. The van der Waals surface area contributed by atoms with Gasteiger partial charge in [-0.1, -0.05) is 13.8 Å². The Labute approximate surface area is 127 Å². The van der Waals surface area contributed by atoms with Crippen molar-refractivity contribution in [1.82, 2.24) is 14.8 Å². The number of pyridine rings is 1. The van der Waals surface area contributed by atoms with Gasteiger partial charge in [-0.15, -0.1) is 0 Å². The molecule has 1 fully saturated rings. The first-order valence-corrected chi connectivity index (χ1v) is 8.21. The predicted octanol–water partition coefficient (Wildman–Crippen LogP) is 1.74. The van der Waals surface area contributed by atoms with E-state index in [0.717, 1.165) is 38.2 Å². The summed E-state index contributed by atoms with van der Waals surface area (Å²) in [5.74, 6) is 0.498. The van der Waals surface area contributed by atoms with Gasteiger partial charge in [-0.2, -0.15) is 0 Å². The third-order valence-corrected chi connectivity index (χ3v) is 4.44. The van der Waals surface area contributed by atoms with Crippen LogP contribution in [0.15, 0.2) is 10.9 Å². The summed E-state index contributed by atoms with van der Waals surface area (Å²) in [6.45, 7) is 7.93. The molecule has 2 heterocycles. The number of rotatable bonds is 5. The molecule has 0 amide bonds. The molecule has 0 radical (unpaired) electrons. The molecular weight excluding hydrogens is 262 g/mol. The number of likely N-dealkylation sites (N-methyl/N-ethyl adjacent to an activating group) is 1. The van der Waals surface area contributed by atoms with Gasteiger partial charge in [0.2, 0.25) is 0 Å². The van der Waals surface area contributed by atoms with Gasteiger partial charge in [0, 0.05) is 49.9 Å². The first-order valence-electron chi connectivity index (χ1n) is 8.21. The molecule has 0 bridgehead atoms. The molecular formula is C17H27N3O. The van der Waals surface area contributed by atoms with Crippen LogP contribution in [0.3, 0.4) is 0 Å². The van der Waals surface area contributed by atoms with E-state index in [1.54, 1.807) is 0 Å². The Balaban J connectivity index is 1.96. The SMILES string of the molecule is CC(C)Cn1c2c(cc(CNC3CC3)c1=O)CN(C)CC2. The highest BCUT2D eigenvalue weighted by atomic mass is 16.1. The zero-order valence-corrected chi connectivity index (χ0v) is 13.5. The van der Waals surface area contributed by atoms with Crippen molar-refractivity contribution >= 4 is 0 Å². The molecule has 2 aliphatic rings. The molecule has 1 aliphatic heterocycles. The van der Waals surface area contributed by atoms with Gasteiger partial charge in [0.15, 0.2) is 0 Å². The molecule has 21 heavy (non-hydrogen) atoms. The fourth-order valence-corrected chi connectivity index (χ4v) is 3.15. The first kappa shape index (κ1) is 14.8. The van der Waals surface area contributed by atoms with E-state index < -0.39 is 0 Å². The van der Waals surface area contributed by atoms with Crippen molar-refractivity contribution in [2.45, 2.75) is 58.8 Å². The summed E-state index contributed by atoms with van der Waals surface area (Å²) in [4.78, 5) is 15.1. The Morgan fingerprint density at radius 3 is 2.81 bits per heavy atom. The summed E-state index contributed by atoms with van der Waals surface area (Å²) in [6, 6.07) is 2.79. The van der Waals surface area contributed by atoms with Gasteiger partial charge in [0.25, 0.3) is 5.56 Å². The Kier molecular flexibility index (Phi) is 4.18. The molecule has 1 N–H and O–H groups in total. The van der Waals surface area contributed by atoms with Gasteiger partial charge in [0.1, 0.15) is 0 Å². The first-order chi connectivity index (χ1) is 10.0. The maximum atomic E-state index is 12.8. The van der Waals surface area contributed by atoms with Gasteiger partial charge in [0.05, 0.1) is 0 Å². The lowest BCUT2D eigenvalue weighted by Gasteiger charge is -2.29. The maximum Gasteiger partial charge on any atom is 0.255 e. The van der Waals surface area contributed by atoms with Crippen LogP contribution in [0.2, 0.25) is 0 Å². The van der Waals surface area contributed by atoms with E-state index in [1.807, 2.05) is 0 Å². The Morgan fingerprint density at radius 1 is 1.38 bits per heavy atom. The quantitative estimate of drug-likeness (QED) is 0.897. The number of hydrogen-bond acceptors (Lipinski definition) is 3. The third kappa shape index (κ3) is 3.38. The second-order valence-electron chi connectivity index (χ2n) is 7.09. The van der Waals surface area contributed by atoms with Gasteiger partial charge >= 0.3 is 0 Å². The van der Waals surface area contributed by atoms with Crippen LogP contribution in [0.5, 0.6) is 0 Å². The molecule has 0 unspecified atom stereocenters. The standard InChI is InChI=1S/C17H27N3O/c1-12(2)10-20-16-6-7-19(3)11-14(16)8-13(17(20)21)9-18-15-4-5-15/h8,12,15,18H,4-7,9-11H2,1-3H3. The van der Waals surface area contributed by atoms with Crippen LogP contribution in [0.4, 0.5) is 0 Å². The minimum atomic E-state index is 0.222. The van der Waals surface area contributed by atoms with Crippen LogP contribution in [0, 0.1) is 5.92 Å². The molecule has 0 aromatic carbocycles. The maximum absolute atomic E-state index is 12.8. The van der Waals surface area contributed by atoms with Crippen molar-refractivity contribution in [3.63, 3.8) is 0 Å². The van der Waals surface area contributed by atoms with Crippen LogP contribution in [-0.2, 0) is 26.1 Å². The number of aromatic nitrogens is 1. The Bertz CT molecular complexity index is 572. The Hall–Kier alpha value is -1.13. The molecule has 4 nitrogen and oxygen atoms in total. The molecule has 4 heteroatoms. The van der Waals surface area contributed by atoms with Crippen molar-refractivity contribution in [3.8, 4) is 0 Å². The van der Waals surface area contributed by atoms with Gasteiger partial charge < -0.3 is 14.8 Å². The van der Waals surface area contributed by atoms with E-state index in [2.05, 4.69) is 41.7 Å². The molecule has 0 atom stereocenters. The predicted molar refractivity (Wildman–Crippen MR) is 85.4 cm³/mol. The van der Waals surface area contributed by atoms with Crippen molar-refractivity contribution < 1.29 is 0 Å². The van der Waals surface area contributed by atoms with Gasteiger partial charge in [-0.25, -0.2) is 0 Å². The minimum Gasteiger partial charge on any atom is -0.312 e. The van der Waals surface area contributed by atoms with E-state index in [4.69, 9.17) is 0 Å². The van der Waals surface area contributed by atoms with Crippen LogP contribution in [-0.4, -0.2) is 29.1 Å². The molecule has 1 aliphatic carbocycles. The second-order valence-corrected chi connectivity index (χ2v) is 7.09. The summed E-state index contributed by atoms with van der Waals surface area (Å²) in [5.41, 5.74) is 3.77. The summed E-state index contributed by atoms with van der Waals surface area (Å²) < 4.78 is 2.05. The summed E-state index contributed by atoms with van der Waals surface area (Å²) in [5, 5.41) is 3.49. The van der Waals surface area contributed by atoms with Crippen LogP contribution in [0.1, 0.15) is 43.5 Å². The van der Waals surface area contributed by atoms with Crippen LogP contribution in [0.25, 0.3) is 0 Å². The van der Waals surface area contributed by atoms with Crippen molar-refractivity contribution in [1.29, 1.82) is 0 Å². The number of hydrogen-bond donors (Lipinski definition) is 1. The summed E-state index contributed by atoms with van der Waals surface area (Å²) >= 11 is 0. The molecule has 0 saturated heterocycles. The topological polar surface area (TPSA) is 37.3 Å². The highest BCUT2D eigenvalue weighted by Gasteiger charge is 2.23. The van der Waals surface area contributed by atoms with Gasteiger partial charge in [-0.05, 0) is 37.4 Å². The lowest BCUT2D eigenvalue weighted by Crippen LogP contribution is -2.37. The van der Waals surface area contributed by atoms with Crippen LogP contribution < -0.4 is 10.9 Å². The molecule has 116 valence electrons. The van der Waals surface area contributed by atoms with E-state index in [0.29, 0.717) is 12.0 Å². The average Bonchev–Trinajstić information content (AvgIpc) is 3.23. The fourth-order valence-electron chi connectivity index (χ4n) is 3.15. The number of fused-ring (bicyclic) bond motifs is 1. The number of nitrogens with zero attached hydrogens (tertiary/aromatic N) is 2. The van der Waals surface area contributed by atoms with E-state index in [1.165, 1.54) is 24.1 Å². The van der Waals surface area contributed by atoms with E-state index in [-0.39, 0.29) is 5.56 Å². The molecule has 0 spiro atoms. The largest absolute Gasteiger partial charge is 0.312 e. The minimum absolute atomic E-state index is 0.222. The summed E-state index contributed by atoms with van der Waals surface area (Å²) in [7, 11) is 2.16. The summed E-state index contributed by atoms with van der Waals surface area (Å²) in [6.07, 6.45) is 3.51. The lowest BCUT2D eigenvalue weighted by molar-refractivity contribution is 0.301. The average molecular weight is 289 g/mol. The van der Waals surface area contributed by atoms with Crippen molar-refractivity contribution in [3.05, 3.63) is 33.2 Å². The molecule has 1 aromatic rings. The zero-order valence-electron chi connectivity index (χ0n) is 13.5. The number of nitrogens with one attached hydrogen (secondary N) is 1. The normalized spacial score (nSPS) is 19.0. The molecule has 1 aromatic heterocycles. The van der Waals surface area contributed by atoms with E-state index >= 15 is 0 Å². The molecule has 1 saturated carbocycles. The highest BCUT2D eigenvalue weighted by molar-refractivity contribution is 5.29. The highest BCUT2D eigenvalue weighted by Crippen LogP contribution is 2.21. The molecule has 3 rings (SSSR count). The van der Waals surface area contributed by atoms with E-state index in [9.17, 15) is 4.79 Å². The zero-order chi connectivity index (χ0) is 15.0. The monoisotopic (exact) mass is 289 g/mol. The van der Waals surface area contributed by atoms with Crippen LogP contribution >= 0.6 is 0 Å². The van der Waals surface area contributed by atoms with Crippen molar-refractivity contribution in [2.75, 3.05) is 13.6 Å².